The molecule has 0 fully saturated rings. The fourth-order valence-corrected chi connectivity index (χ4v) is 4.53. The van der Waals surface area contributed by atoms with Crippen molar-refractivity contribution >= 4 is 50.8 Å². The zero-order chi connectivity index (χ0) is 20.5. The van der Waals surface area contributed by atoms with E-state index in [-0.39, 0.29) is 16.9 Å². The summed E-state index contributed by atoms with van der Waals surface area (Å²) in [5.74, 6) is 6.29. The molecular formula is C20H17BrN4O3S. The molecule has 1 unspecified atom stereocenters. The highest BCUT2D eigenvalue weighted by Crippen LogP contribution is 2.44. The first kappa shape index (κ1) is 19.4. The second-order valence-electron chi connectivity index (χ2n) is 6.42. The second-order valence-corrected chi connectivity index (χ2v) is 8.06. The minimum absolute atomic E-state index is 0.163. The van der Waals surface area contributed by atoms with E-state index in [1.165, 1.54) is 16.3 Å². The van der Waals surface area contributed by atoms with Crippen LogP contribution in [0.15, 0.2) is 58.8 Å². The Balaban J connectivity index is 1.81. The number of carbonyl (C=O) groups excluding carboxylic acids is 2. The van der Waals surface area contributed by atoms with Crippen LogP contribution >= 0.6 is 27.3 Å². The van der Waals surface area contributed by atoms with Gasteiger partial charge >= 0.3 is 0 Å². The lowest BCUT2D eigenvalue weighted by Crippen LogP contribution is -2.41. The van der Waals surface area contributed by atoms with Crippen molar-refractivity contribution in [3.05, 3.63) is 70.4 Å². The Labute approximate surface area is 179 Å². The summed E-state index contributed by atoms with van der Waals surface area (Å²) in [6.07, 6.45) is 3.31. The van der Waals surface area contributed by atoms with Gasteiger partial charge in [-0.3, -0.25) is 14.6 Å². The number of amides is 2. The molecule has 29 heavy (non-hydrogen) atoms. The fraction of sp³-hybridized carbons (Fsp3) is 0.100. The highest BCUT2D eigenvalue weighted by atomic mass is 79.9. The maximum Gasteiger partial charge on any atom is 0.266 e. The van der Waals surface area contributed by atoms with Gasteiger partial charge < -0.3 is 15.5 Å². The summed E-state index contributed by atoms with van der Waals surface area (Å²) in [5.41, 5.74) is 8.16. The van der Waals surface area contributed by atoms with Gasteiger partial charge in [-0.2, -0.15) is 0 Å². The topological polar surface area (TPSA) is 115 Å². The number of halogens is 1. The first-order chi connectivity index (χ1) is 14.0. The summed E-state index contributed by atoms with van der Waals surface area (Å²) in [6, 6.07) is 12.6. The van der Waals surface area contributed by atoms with Gasteiger partial charge in [-0.05, 0) is 47.5 Å². The Morgan fingerprint density at radius 1 is 1.24 bits per heavy atom. The van der Waals surface area contributed by atoms with E-state index in [1.807, 2.05) is 36.4 Å². The molecule has 0 radical (unpaired) electrons. The summed E-state index contributed by atoms with van der Waals surface area (Å²) in [4.78, 5) is 25.5. The van der Waals surface area contributed by atoms with Crippen LogP contribution in [0.4, 0.5) is 5.69 Å². The number of anilines is 1. The number of rotatable bonds is 5. The predicted octanol–water partition coefficient (Wildman–Crippen LogP) is 3.45. The SMILES string of the molecule is NC(=O)C1=Cc2sc(-c3ccco3)cc2C(c2cccc(NC(=O)CBr)c2)N1N. The van der Waals surface area contributed by atoms with Crippen molar-refractivity contribution in [3.63, 3.8) is 0 Å². The molecule has 0 spiro atoms. The maximum absolute atomic E-state index is 12.0. The van der Waals surface area contributed by atoms with Gasteiger partial charge in [0.15, 0.2) is 0 Å². The van der Waals surface area contributed by atoms with Crippen molar-refractivity contribution in [1.82, 2.24) is 5.01 Å². The number of nitrogens with two attached hydrogens (primary N) is 2. The molecule has 4 rings (SSSR count). The van der Waals surface area contributed by atoms with E-state index >= 15 is 0 Å². The number of fused-ring (bicyclic) bond motifs is 1. The van der Waals surface area contributed by atoms with E-state index in [2.05, 4.69) is 21.2 Å². The van der Waals surface area contributed by atoms with Crippen molar-refractivity contribution in [3.8, 4) is 10.6 Å². The van der Waals surface area contributed by atoms with Gasteiger partial charge in [-0.15, -0.1) is 11.3 Å². The molecule has 1 aromatic carbocycles. The van der Waals surface area contributed by atoms with Crippen molar-refractivity contribution in [2.75, 3.05) is 10.6 Å². The Hall–Kier alpha value is -2.88. The number of nitrogens with one attached hydrogen (secondary N) is 1. The number of hydrogen-bond donors (Lipinski definition) is 3. The molecule has 3 heterocycles. The zero-order valence-corrected chi connectivity index (χ0v) is 17.5. The Morgan fingerprint density at radius 3 is 2.76 bits per heavy atom. The maximum atomic E-state index is 12.0. The van der Waals surface area contributed by atoms with Crippen LogP contribution in [0.25, 0.3) is 16.7 Å². The molecule has 0 saturated heterocycles. The van der Waals surface area contributed by atoms with Crippen LogP contribution in [-0.2, 0) is 9.59 Å². The molecule has 0 aliphatic carbocycles. The largest absolute Gasteiger partial charge is 0.464 e. The summed E-state index contributed by atoms with van der Waals surface area (Å²) in [7, 11) is 0. The third-order valence-corrected chi connectivity index (χ3v) is 6.16. The number of benzene rings is 1. The van der Waals surface area contributed by atoms with E-state index in [4.69, 9.17) is 16.0 Å². The molecule has 1 aliphatic heterocycles. The highest BCUT2D eigenvalue weighted by Gasteiger charge is 2.32. The minimum atomic E-state index is -0.611. The van der Waals surface area contributed by atoms with Gasteiger partial charge in [0.1, 0.15) is 11.5 Å². The standard InChI is InChI=1S/C20H17BrN4O3S/c21-10-18(26)24-12-4-1-3-11(7-12)19-13-8-17(15-5-2-6-28-15)29-16(13)9-14(20(22)27)25(19)23/h1-9,19H,10,23H2,(H2,22,27)(H,24,26). The summed E-state index contributed by atoms with van der Waals surface area (Å²) in [5, 5.41) is 4.37. The van der Waals surface area contributed by atoms with Crippen molar-refractivity contribution in [2.24, 2.45) is 11.6 Å². The Morgan fingerprint density at radius 2 is 2.07 bits per heavy atom. The van der Waals surface area contributed by atoms with Crippen LogP contribution in [0, 0.1) is 0 Å². The molecule has 1 atom stereocenters. The van der Waals surface area contributed by atoms with Crippen LogP contribution in [0.5, 0.6) is 0 Å². The van der Waals surface area contributed by atoms with Gasteiger partial charge in [0.25, 0.3) is 5.91 Å². The molecule has 0 bridgehead atoms. The van der Waals surface area contributed by atoms with Crippen molar-refractivity contribution < 1.29 is 14.0 Å². The lowest BCUT2D eigenvalue weighted by Gasteiger charge is -2.33. The molecule has 3 aromatic rings. The minimum Gasteiger partial charge on any atom is -0.464 e. The lowest BCUT2D eigenvalue weighted by atomic mass is 9.94. The first-order valence-electron chi connectivity index (χ1n) is 8.66. The first-order valence-corrected chi connectivity index (χ1v) is 10.6. The number of alkyl halides is 1. The van der Waals surface area contributed by atoms with Crippen LogP contribution in [-0.4, -0.2) is 22.2 Å². The third kappa shape index (κ3) is 3.71. The molecule has 7 nitrogen and oxygen atoms in total. The lowest BCUT2D eigenvalue weighted by molar-refractivity contribution is -0.116. The van der Waals surface area contributed by atoms with Crippen LogP contribution < -0.4 is 16.9 Å². The second kappa shape index (κ2) is 7.86. The smallest absolute Gasteiger partial charge is 0.266 e. The van der Waals surface area contributed by atoms with E-state index in [9.17, 15) is 9.59 Å². The summed E-state index contributed by atoms with van der Waals surface area (Å²) < 4.78 is 5.52. The average Bonchev–Trinajstić information content (AvgIpc) is 3.36. The number of hydrogen-bond acceptors (Lipinski definition) is 6. The number of primary amides is 1. The van der Waals surface area contributed by atoms with Crippen molar-refractivity contribution in [2.45, 2.75) is 6.04 Å². The monoisotopic (exact) mass is 472 g/mol. The van der Waals surface area contributed by atoms with E-state index in [1.54, 1.807) is 18.4 Å². The van der Waals surface area contributed by atoms with Gasteiger partial charge in [0, 0.05) is 10.6 Å². The van der Waals surface area contributed by atoms with E-state index in [0.717, 1.165) is 26.6 Å². The fourth-order valence-electron chi connectivity index (χ4n) is 3.29. The Bertz CT molecular complexity index is 1110. The normalized spacial score (nSPS) is 15.6. The van der Waals surface area contributed by atoms with E-state index in [0.29, 0.717) is 5.69 Å². The summed E-state index contributed by atoms with van der Waals surface area (Å²) in [6.45, 7) is 0. The zero-order valence-electron chi connectivity index (χ0n) is 15.1. The molecule has 1 aliphatic rings. The highest BCUT2D eigenvalue weighted by molar-refractivity contribution is 9.09. The molecule has 2 aromatic heterocycles. The number of hydrazine groups is 1. The molecule has 148 valence electrons. The number of thiophene rings is 1. The molecule has 0 saturated carbocycles. The van der Waals surface area contributed by atoms with Crippen LogP contribution in [0.3, 0.4) is 0 Å². The molecule has 5 N–H and O–H groups in total. The van der Waals surface area contributed by atoms with Gasteiger partial charge in [0.05, 0.1) is 22.5 Å². The van der Waals surface area contributed by atoms with Gasteiger partial charge in [0.2, 0.25) is 5.91 Å². The Kier molecular flexibility index (Phi) is 5.27. The molecule has 9 heteroatoms. The summed E-state index contributed by atoms with van der Waals surface area (Å²) >= 11 is 4.63. The van der Waals surface area contributed by atoms with Gasteiger partial charge in [-0.1, -0.05) is 28.1 Å². The number of furan rings is 1. The third-order valence-electron chi connectivity index (χ3n) is 4.53. The van der Waals surface area contributed by atoms with Crippen LogP contribution in [0.1, 0.15) is 22.0 Å². The molecule has 2 amide bonds. The van der Waals surface area contributed by atoms with Crippen molar-refractivity contribution in [1.29, 1.82) is 0 Å². The predicted molar refractivity (Wildman–Crippen MR) is 116 cm³/mol. The van der Waals surface area contributed by atoms with Gasteiger partial charge in [-0.25, -0.2) is 5.84 Å². The number of carbonyl (C=O) groups is 2. The van der Waals surface area contributed by atoms with E-state index < -0.39 is 11.9 Å². The number of nitrogens with zero attached hydrogens (tertiary/aromatic N) is 1. The average molecular weight is 473 g/mol. The quantitative estimate of drug-likeness (QED) is 0.388. The molecular weight excluding hydrogens is 456 g/mol. The van der Waals surface area contributed by atoms with Crippen LogP contribution in [0.2, 0.25) is 0 Å².